The second kappa shape index (κ2) is 9.00. The Kier molecular flexibility index (Phi) is 6.24. The quantitative estimate of drug-likeness (QED) is 0.326. The molecule has 9 heteroatoms. The molecule has 0 bridgehead atoms. The number of carbonyl (C=O) groups is 2. The van der Waals surface area contributed by atoms with Crippen LogP contribution in [0.15, 0.2) is 48.7 Å². The highest BCUT2D eigenvalue weighted by atomic mass is 19.2. The molecule has 0 spiro atoms. The van der Waals surface area contributed by atoms with Gasteiger partial charge < -0.3 is 25.3 Å². The summed E-state index contributed by atoms with van der Waals surface area (Å²) in [5.74, 6) is -3.45. The number of aromatic amines is 1. The molecule has 2 unspecified atom stereocenters. The largest absolute Gasteiger partial charge is 0.459 e. The van der Waals surface area contributed by atoms with Crippen LogP contribution in [0.2, 0.25) is 0 Å². The van der Waals surface area contributed by atoms with E-state index in [1.54, 1.807) is 0 Å². The van der Waals surface area contributed by atoms with E-state index < -0.39 is 54.2 Å². The number of para-hydroxylation sites is 1. The summed E-state index contributed by atoms with van der Waals surface area (Å²) in [6.45, 7) is 2.65. The van der Waals surface area contributed by atoms with Crippen LogP contribution in [0.3, 0.4) is 0 Å². The van der Waals surface area contributed by atoms with E-state index in [-0.39, 0.29) is 11.1 Å². The normalized spacial score (nSPS) is 17.8. The van der Waals surface area contributed by atoms with Crippen molar-refractivity contribution in [2.24, 2.45) is 0 Å². The summed E-state index contributed by atoms with van der Waals surface area (Å²) in [6.07, 6.45) is 0.114. The Hall–Kier alpha value is -3.56. The third kappa shape index (κ3) is 4.08. The number of aromatic nitrogens is 1. The second-order valence-electron chi connectivity index (χ2n) is 8.73. The van der Waals surface area contributed by atoms with Gasteiger partial charge in [0.2, 0.25) is 0 Å². The zero-order chi connectivity index (χ0) is 24.6. The monoisotopic (exact) mass is 470 g/mol. The Morgan fingerprint density at radius 2 is 1.88 bits per heavy atom. The number of hydrogen-bond donors (Lipinski definition) is 4. The maximum Gasteiger partial charge on any atom is 0.341 e. The Morgan fingerprint density at radius 1 is 1.15 bits per heavy atom. The number of ether oxygens (including phenoxy) is 1. The van der Waals surface area contributed by atoms with E-state index in [0.29, 0.717) is 11.3 Å². The summed E-state index contributed by atoms with van der Waals surface area (Å²) in [5, 5.41) is 22.3. The van der Waals surface area contributed by atoms with Crippen molar-refractivity contribution in [3.63, 3.8) is 0 Å². The molecule has 0 saturated heterocycles. The molecule has 0 fully saturated rings. The number of nitrogens with one attached hydrogen (secondary N) is 2. The van der Waals surface area contributed by atoms with E-state index in [9.17, 15) is 23.5 Å². The molecule has 4 N–H and O–H groups in total. The molecule has 0 amide bonds. The molecule has 178 valence electrons. The Labute approximate surface area is 194 Å². The molecule has 3 aromatic rings. The van der Waals surface area contributed by atoms with E-state index in [4.69, 9.17) is 9.84 Å². The number of ketones is 1. The maximum absolute atomic E-state index is 13.9. The van der Waals surface area contributed by atoms with E-state index >= 15 is 0 Å². The Balaban J connectivity index is 1.83. The first-order valence-corrected chi connectivity index (χ1v) is 10.7. The minimum atomic E-state index is -1.23. The molecular formula is C25H24F2N2O5. The summed E-state index contributed by atoms with van der Waals surface area (Å²) in [4.78, 5) is 29.6. The van der Waals surface area contributed by atoms with Crippen LogP contribution in [0.25, 0.3) is 16.5 Å². The van der Waals surface area contributed by atoms with Gasteiger partial charge in [-0.2, -0.15) is 0 Å². The van der Waals surface area contributed by atoms with Crippen molar-refractivity contribution < 1.29 is 33.3 Å². The van der Waals surface area contributed by atoms with Gasteiger partial charge in [-0.25, -0.2) is 13.6 Å². The number of Topliss-reactive ketones (excluding diaryl/α,β-unsaturated/α-hetero) is 1. The lowest BCUT2D eigenvalue weighted by atomic mass is 9.73. The number of benzene rings is 2. The predicted octanol–water partition coefficient (Wildman–Crippen LogP) is 2.82. The number of fused-ring (bicyclic) bond motifs is 3. The van der Waals surface area contributed by atoms with Gasteiger partial charge in [-0.3, -0.25) is 4.79 Å². The lowest BCUT2D eigenvalue weighted by Gasteiger charge is -2.33. The van der Waals surface area contributed by atoms with Crippen molar-refractivity contribution in [1.29, 1.82) is 0 Å². The van der Waals surface area contributed by atoms with Gasteiger partial charge in [0.25, 0.3) is 0 Å². The van der Waals surface area contributed by atoms with Gasteiger partial charge in [-0.05, 0) is 29.8 Å². The fourth-order valence-electron chi connectivity index (χ4n) is 4.29. The van der Waals surface area contributed by atoms with Gasteiger partial charge in [-0.1, -0.05) is 32.0 Å². The minimum absolute atomic E-state index is 0.0173. The van der Waals surface area contributed by atoms with Gasteiger partial charge in [-0.15, -0.1) is 0 Å². The fourth-order valence-corrected chi connectivity index (χ4v) is 4.29. The number of aliphatic hydroxyl groups excluding tert-OH is 2. The lowest BCUT2D eigenvalue weighted by Crippen LogP contribution is -2.48. The highest BCUT2D eigenvalue weighted by molar-refractivity contribution is 6.18. The standard InChI is InChI=1S/C25H24F2N2O5/c1-25(2)20-15-5-3-4-6-19(15)29-21(20)16(24(33)34-12-14(31)11-30)10-28-23(25)22(32)13-7-8-17(26)18(27)9-13/h3-10,14,23,28-31H,11-12H2,1-2H3. The second-order valence-corrected chi connectivity index (χ2v) is 8.73. The van der Waals surface area contributed by atoms with E-state index in [1.807, 2.05) is 38.1 Å². The van der Waals surface area contributed by atoms with Crippen LogP contribution in [0, 0.1) is 11.6 Å². The smallest absolute Gasteiger partial charge is 0.341 e. The molecule has 34 heavy (non-hydrogen) atoms. The molecule has 0 saturated carbocycles. The van der Waals surface area contributed by atoms with Crippen molar-refractivity contribution in [2.45, 2.75) is 31.4 Å². The number of esters is 1. The van der Waals surface area contributed by atoms with Crippen LogP contribution in [0.4, 0.5) is 8.78 Å². The van der Waals surface area contributed by atoms with Crippen LogP contribution >= 0.6 is 0 Å². The number of hydrogen-bond acceptors (Lipinski definition) is 6. The van der Waals surface area contributed by atoms with E-state index in [2.05, 4.69) is 10.3 Å². The topological polar surface area (TPSA) is 112 Å². The van der Waals surface area contributed by atoms with Crippen LogP contribution in [-0.4, -0.2) is 52.3 Å². The summed E-state index contributed by atoms with van der Waals surface area (Å²) >= 11 is 0. The number of halogens is 2. The Bertz CT molecular complexity index is 1300. The molecule has 2 heterocycles. The molecule has 1 aliphatic rings. The first-order valence-electron chi connectivity index (χ1n) is 10.7. The van der Waals surface area contributed by atoms with E-state index in [1.165, 1.54) is 12.3 Å². The average Bonchev–Trinajstić information content (AvgIpc) is 3.16. The average molecular weight is 470 g/mol. The summed E-state index contributed by atoms with van der Waals surface area (Å²) in [5.41, 5.74) is 0.986. The van der Waals surface area contributed by atoms with Gasteiger partial charge in [0.1, 0.15) is 12.7 Å². The highest BCUT2D eigenvalue weighted by Crippen LogP contribution is 2.41. The molecular weight excluding hydrogens is 446 g/mol. The molecule has 4 rings (SSSR count). The van der Waals surface area contributed by atoms with Crippen molar-refractivity contribution in [3.8, 4) is 0 Å². The summed E-state index contributed by atoms with van der Waals surface area (Å²) in [6, 6.07) is 9.37. The maximum atomic E-state index is 13.9. The molecule has 1 aliphatic heterocycles. The first-order chi connectivity index (χ1) is 16.1. The number of carbonyl (C=O) groups excluding carboxylic acids is 2. The number of rotatable bonds is 6. The molecule has 2 aromatic carbocycles. The number of H-pyrrole nitrogens is 1. The minimum Gasteiger partial charge on any atom is -0.459 e. The molecule has 1 aromatic heterocycles. The van der Waals surface area contributed by atoms with Crippen LogP contribution < -0.4 is 5.32 Å². The van der Waals surface area contributed by atoms with Crippen molar-refractivity contribution >= 4 is 28.2 Å². The van der Waals surface area contributed by atoms with Gasteiger partial charge in [0.05, 0.1) is 23.9 Å². The van der Waals surface area contributed by atoms with Gasteiger partial charge in [0.15, 0.2) is 17.4 Å². The van der Waals surface area contributed by atoms with Crippen LogP contribution in [-0.2, 0) is 14.9 Å². The summed E-state index contributed by atoms with van der Waals surface area (Å²) < 4.78 is 32.5. The van der Waals surface area contributed by atoms with Crippen molar-refractivity contribution in [2.75, 3.05) is 13.2 Å². The van der Waals surface area contributed by atoms with Gasteiger partial charge in [0, 0.05) is 28.1 Å². The first kappa shape index (κ1) is 23.6. The fraction of sp³-hybridized carbons (Fsp3) is 0.280. The van der Waals surface area contributed by atoms with Crippen molar-refractivity contribution in [1.82, 2.24) is 10.3 Å². The Morgan fingerprint density at radius 3 is 2.59 bits per heavy atom. The third-order valence-electron chi connectivity index (χ3n) is 6.04. The highest BCUT2D eigenvalue weighted by Gasteiger charge is 2.43. The molecule has 2 atom stereocenters. The molecule has 0 aliphatic carbocycles. The van der Waals surface area contributed by atoms with Crippen molar-refractivity contribution in [3.05, 3.63) is 77.1 Å². The van der Waals surface area contributed by atoms with Crippen LogP contribution in [0.1, 0.15) is 35.5 Å². The lowest BCUT2D eigenvalue weighted by molar-refractivity contribution is -0.140. The zero-order valence-corrected chi connectivity index (χ0v) is 18.6. The zero-order valence-electron chi connectivity index (χ0n) is 18.6. The molecule has 7 nitrogen and oxygen atoms in total. The van der Waals surface area contributed by atoms with Gasteiger partial charge >= 0.3 is 5.97 Å². The van der Waals surface area contributed by atoms with E-state index in [0.717, 1.165) is 23.0 Å². The summed E-state index contributed by atoms with van der Waals surface area (Å²) in [7, 11) is 0. The number of aliphatic hydroxyl groups is 2. The van der Waals surface area contributed by atoms with Crippen LogP contribution in [0.5, 0.6) is 0 Å². The molecule has 0 radical (unpaired) electrons. The third-order valence-corrected chi connectivity index (χ3v) is 6.04. The predicted molar refractivity (Wildman–Crippen MR) is 121 cm³/mol. The SMILES string of the molecule is CC1(C)c2c([nH]c3ccccc23)C(C(=O)OCC(O)CO)=CNC1C(=O)c1ccc(F)c(F)c1.